The lowest BCUT2D eigenvalue weighted by Crippen LogP contribution is -2.40. The summed E-state index contributed by atoms with van der Waals surface area (Å²) in [6, 6.07) is 7.28. The molecule has 4 rings (SSSR count). The second-order valence-corrected chi connectivity index (χ2v) is 10.4. The fourth-order valence-electron chi connectivity index (χ4n) is 3.95. The van der Waals surface area contributed by atoms with Gasteiger partial charge in [0.2, 0.25) is 0 Å². The SMILES string of the molecule is Cn1cnc(S(=O)(=O)N2C[C@@H](NC(=O)c3ccc(C(F)(F)F)c(Cl)c3)[C@H](c3ccc(F)cc3)C2)c1. The van der Waals surface area contributed by atoms with E-state index in [4.69, 9.17) is 11.6 Å². The van der Waals surface area contributed by atoms with E-state index in [1.807, 2.05) is 0 Å². The van der Waals surface area contributed by atoms with E-state index in [1.54, 1.807) is 7.05 Å². The molecular weight excluding hydrogens is 512 g/mol. The highest BCUT2D eigenvalue weighted by Crippen LogP contribution is 2.35. The molecule has 1 fully saturated rings. The maximum Gasteiger partial charge on any atom is 0.417 e. The molecule has 0 unspecified atom stereocenters. The Morgan fingerprint density at radius 2 is 1.83 bits per heavy atom. The third-order valence-corrected chi connectivity index (χ3v) is 7.75. The Bertz CT molecular complexity index is 1360. The number of rotatable bonds is 5. The van der Waals surface area contributed by atoms with Gasteiger partial charge in [0.1, 0.15) is 5.82 Å². The maximum atomic E-state index is 13.5. The van der Waals surface area contributed by atoms with Gasteiger partial charge < -0.3 is 9.88 Å². The van der Waals surface area contributed by atoms with E-state index >= 15 is 0 Å². The van der Waals surface area contributed by atoms with E-state index in [0.29, 0.717) is 11.6 Å². The Kier molecular flexibility index (Phi) is 6.64. The number of carbonyl (C=O) groups is 1. The van der Waals surface area contributed by atoms with Crippen LogP contribution >= 0.6 is 11.6 Å². The summed E-state index contributed by atoms with van der Waals surface area (Å²) in [6.07, 6.45) is -1.99. The molecule has 0 saturated carbocycles. The van der Waals surface area contributed by atoms with Gasteiger partial charge in [-0.25, -0.2) is 17.8 Å². The van der Waals surface area contributed by atoms with Gasteiger partial charge in [0, 0.05) is 37.8 Å². The van der Waals surface area contributed by atoms with Gasteiger partial charge in [0.05, 0.1) is 23.0 Å². The van der Waals surface area contributed by atoms with E-state index < -0.39 is 50.5 Å². The molecule has 3 aromatic rings. The lowest BCUT2D eigenvalue weighted by atomic mass is 9.94. The highest BCUT2D eigenvalue weighted by Gasteiger charge is 2.42. The summed E-state index contributed by atoms with van der Waals surface area (Å²) in [5.74, 6) is -1.76. The van der Waals surface area contributed by atoms with E-state index in [-0.39, 0.29) is 23.7 Å². The zero-order valence-electron chi connectivity index (χ0n) is 18.1. The lowest BCUT2D eigenvalue weighted by Gasteiger charge is -2.20. The summed E-state index contributed by atoms with van der Waals surface area (Å²) in [4.78, 5) is 16.8. The second kappa shape index (κ2) is 9.25. The van der Waals surface area contributed by atoms with Crippen LogP contribution in [-0.2, 0) is 23.2 Å². The lowest BCUT2D eigenvalue weighted by molar-refractivity contribution is -0.137. The first-order valence-electron chi connectivity index (χ1n) is 10.3. The standard InChI is InChI=1S/C22H19ClF4N4O3S/c1-30-11-20(28-12-30)35(33,34)31-9-16(13-2-5-15(24)6-3-13)19(10-31)29-21(32)14-4-7-17(18(23)8-14)22(25,26)27/h2-8,11-12,16,19H,9-10H2,1H3,(H,29,32)/t16-,19+/m0/s1. The number of carbonyl (C=O) groups excluding carboxylic acids is 1. The van der Waals surface area contributed by atoms with Crippen LogP contribution in [0, 0.1) is 5.82 Å². The number of benzene rings is 2. The fourth-order valence-corrected chi connectivity index (χ4v) is 5.70. The number of aryl methyl sites for hydroxylation is 1. The topological polar surface area (TPSA) is 84.3 Å². The fraction of sp³-hybridized carbons (Fsp3) is 0.273. The Labute approximate surface area is 203 Å². The zero-order chi connectivity index (χ0) is 25.5. The summed E-state index contributed by atoms with van der Waals surface area (Å²) in [7, 11) is -2.38. The predicted octanol–water partition coefficient (Wildman–Crippen LogP) is 3.82. The van der Waals surface area contributed by atoms with Crippen molar-refractivity contribution in [2.75, 3.05) is 13.1 Å². The van der Waals surface area contributed by atoms with Crippen molar-refractivity contribution in [3.8, 4) is 0 Å². The van der Waals surface area contributed by atoms with Gasteiger partial charge in [-0.05, 0) is 35.9 Å². The van der Waals surface area contributed by atoms with Crippen molar-refractivity contribution in [2.24, 2.45) is 7.05 Å². The van der Waals surface area contributed by atoms with E-state index in [2.05, 4.69) is 10.3 Å². The van der Waals surface area contributed by atoms with Crippen LogP contribution < -0.4 is 5.32 Å². The third kappa shape index (κ3) is 5.19. The van der Waals surface area contributed by atoms with Crippen molar-refractivity contribution in [1.29, 1.82) is 0 Å². The van der Waals surface area contributed by atoms with Gasteiger partial charge in [0.15, 0.2) is 5.03 Å². The van der Waals surface area contributed by atoms with E-state index in [1.165, 1.54) is 41.4 Å². The first kappa shape index (κ1) is 25.1. The number of sulfonamides is 1. The molecule has 186 valence electrons. The summed E-state index contributed by atoms with van der Waals surface area (Å²) in [5.41, 5.74) is -0.610. The van der Waals surface area contributed by atoms with Crippen molar-refractivity contribution in [3.05, 3.63) is 82.5 Å². The van der Waals surface area contributed by atoms with Gasteiger partial charge >= 0.3 is 6.18 Å². The summed E-state index contributed by atoms with van der Waals surface area (Å²) in [5, 5.41) is 1.90. The highest BCUT2D eigenvalue weighted by molar-refractivity contribution is 7.89. The van der Waals surface area contributed by atoms with Crippen molar-refractivity contribution < 1.29 is 30.8 Å². The average Bonchev–Trinajstić information content (AvgIpc) is 3.40. The van der Waals surface area contributed by atoms with Crippen LogP contribution in [0.2, 0.25) is 5.02 Å². The number of aromatic nitrogens is 2. The molecule has 35 heavy (non-hydrogen) atoms. The minimum atomic E-state index is -4.68. The molecule has 1 amide bonds. The van der Waals surface area contributed by atoms with Gasteiger partial charge in [-0.15, -0.1) is 0 Å². The van der Waals surface area contributed by atoms with E-state index in [9.17, 15) is 30.8 Å². The molecule has 2 heterocycles. The monoisotopic (exact) mass is 530 g/mol. The second-order valence-electron chi connectivity index (χ2n) is 8.13. The van der Waals surface area contributed by atoms with Crippen LogP contribution in [0.3, 0.4) is 0 Å². The third-order valence-electron chi connectivity index (χ3n) is 5.72. The number of nitrogens with zero attached hydrogens (tertiary/aromatic N) is 3. The molecule has 0 aliphatic carbocycles. The summed E-state index contributed by atoms with van der Waals surface area (Å²) >= 11 is 5.73. The van der Waals surface area contributed by atoms with E-state index in [0.717, 1.165) is 16.4 Å². The number of imidazole rings is 1. The molecule has 2 aromatic carbocycles. The number of nitrogens with one attached hydrogen (secondary N) is 1. The van der Waals surface area contributed by atoms with Crippen LogP contribution in [0.5, 0.6) is 0 Å². The van der Waals surface area contributed by atoms with Gasteiger partial charge in [0.25, 0.3) is 15.9 Å². The van der Waals surface area contributed by atoms with Crippen LogP contribution in [-0.4, -0.2) is 47.3 Å². The molecule has 1 saturated heterocycles. The predicted molar refractivity (Wildman–Crippen MR) is 119 cm³/mol. The first-order valence-corrected chi connectivity index (χ1v) is 12.1. The molecule has 0 spiro atoms. The highest BCUT2D eigenvalue weighted by atomic mass is 35.5. The molecular formula is C22H19ClF4N4O3S. The van der Waals surface area contributed by atoms with Crippen LogP contribution in [0.1, 0.15) is 27.4 Å². The van der Waals surface area contributed by atoms with Crippen molar-refractivity contribution >= 4 is 27.5 Å². The van der Waals surface area contributed by atoms with Gasteiger partial charge in [-0.2, -0.15) is 17.5 Å². The van der Waals surface area contributed by atoms with Crippen LogP contribution in [0.25, 0.3) is 0 Å². The molecule has 0 radical (unpaired) electrons. The number of amides is 1. The zero-order valence-corrected chi connectivity index (χ0v) is 19.7. The number of alkyl halides is 3. The number of hydrogen-bond donors (Lipinski definition) is 1. The maximum absolute atomic E-state index is 13.5. The van der Waals surface area contributed by atoms with Crippen LogP contribution in [0.15, 0.2) is 60.0 Å². The molecule has 2 atom stereocenters. The van der Waals surface area contributed by atoms with Crippen LogP contribution in [0.4, 0.5) is 17.6 Å². The van der Waals surface area contributed by atoms with Crippen molar-refractivity contribution in [3.63, 3.8) is 0 Å². The van der Waals surface area contributed by atoms with Crippen molar-refractivity contribution in [1.82, 2.24) is 19.2 Å². The Morgan fingerprint density at radius 3 is 2.40 bits per heavy atom. The number of hydrogen-bond acceptors (Lipinski definition) is 4. The molecule has 7 nitrogen and oxygen atoms in total. The Hall–Kier alpha value is -2.96. The minimum absolute atomic E-state index is 0.0245. The number of halogens is 5. The summed E-state index contributed by atoms with van der Waals surface area (Å²) < 4.78 is 81.3. The van der Waals surface area contributed by atoms with Gasteiger partial charge in [-0.3, -0.25) is 4.79 Å². The van der Waals surface area contributed by atoms with Gasteiger partial charge in [-0.1, -0.05) is 23.7 Å². The largest absolute Gasteiger partial charge is 0.417 e. The quantitative estimate of drug-likeness (QED) is 0.508. The Morgan fingerprint density at radius 1 is 1.14 bits per heavy atom. The molecule has 1 N–H and O–H groups in total. The first-order chi connectivity index (χ1) is 16.4. The molecule has 0 bridgehead atoms. The average molecular weight is 531 g/mol. The molecule has 1 aromatic heterocycles. The Balaban J connectivity index is 1.62. The molecule has 13 heteroatoms. The normalized spacial score (nSPS) is 19.1. The smallest absolute Gasteiger partial charge is 0.347 e. The minimum Gasteiger partial charge on any atom is -0.347 e. The summed E-state index contributed by atoms with van der Waals surface area (Å²) in [6.45, 7) is -0.149. The molecule has 1 aliphatic heterocycles. The molecule has 1 aliphatic rings. The van der Waals surface area contributed by atoms with Crippen molar-refractivity contribution in [2.45, 2.75) is 23.2 Å².